The fourth-order valence-electron chi connectivity index (χ4n) is 1.05. The summed E-state index contributed by atoms with van der Waals surface area (Å²) in [7, 11) is 0. The van der Waals surface area contributed by atoms with Crippen molar-refractivity contribution in [1.82, 2.24) is 0 Å². The molecule has 4 nitrogen and oxygen atoms in total. The van der Waals surface area contributed by atoms with Crippen molar-refractivity contribution in [3.63, 3.8) is 0 Å². The van der Waals surface area contributed by atoms with Gasteiger partial charge in [0.05, 0.1) is 6.42 Å². The fourth-order valence-corrected chi connectivity index (χ4v) is 1.05. The Kier molecular flexibility index (Phi) is 2.59. The Bertz CT molecular complexity index is 226. The Hall–Kier alpha value is -1.06. The van der Waals surface area contributed by atoms with Crippen LogP contribution in [0.3, 0.4) is 0 Å². The van der Waals surface area contributed by atoms with Gasteiger partial charge in [-0.3, -0.25) is 9.59 Å². The molecule has 0 bridgehead atoms. The van der Waals surface area contributed by atoms with E-state index < -0.39 is 11.5 Å². The summed E-state index contributed by atoms with van der Waals surface area (Å²) in [4.78, 5) is 22.0. The molecule has 0 N–H and O–H groups in total. The zero-order chi connectivity index (χ0) is 10.1. The molecule has 0 aromatic rings. The lowest BCUT2D eigenvalue weighted by Gasteiger charge is -2.20. The minimum absolute atomic E-state index is 0.148. The lowest BCUT2D eigenvalue weighted by molar-refractivity contribution is -0.159. The quantitative estimate of drug-likeness (QED) is 0.571. The molecule has 0 spiro atoms. The first-order valence-electron chi connectivity index (χ1n) is 4.27. The second-order valence-electron chi connectivity index (χ2n) is 4.12. The van der Waals surface area contributed by atoms with Crippen LogP contribution in [0.5, 0.6) is 0 Å². The zero-order valence-corrected chi connectivity index (χ0v) is 8.12. The minimum Gasteiger partial charge on any atom is -0.465 e. The van der Waals surface area contributed by atoms with Gasteiger partial charge in [0.2, 0.25) is 0 Å². The molecular weight excluding hydrogens is 172 g/mol. The summed E-state index contributed by atoms with van der Waals surface area (Å²) in [5, 5.41) is 0. The summed E-state index contributed by atoms with van der Waals surface area (Å²) < 4.78 is 9.76. The van der Waals surface area contributed by atoms with Gasteiger partial charge in [-0.25, -0.2) is 0 Å². The van der Waals surface area contributed by atoms with E-state index in [0.717, 1.165) is 0 Å². The molecule has 0 aromatic carbocycles. The van der Waals surface area contributed by atoms with Crippen molar-refractivity contribution in [2.75, 3.05) is 6.61 Å². The third-order valence-electron chi connectivity index (χ3n) is 1.60. The Morgan fingerprint density at radius 2 is 2.15 bits per heavy atom. The summed E-state index contributed by atoms with van der Waals surface area (Å²) in [6, 6.07) is 0. The number of ether oxygens (including phenoxy) is 2. The van der Waals surface area contributed by atoms with Gasteiger partial charge >= 0.3 is 11.9 Å². The van der Waals surface area contributed by atoms with Crippen LogP contribution in [-0.2, 0) is 19.1 Å². The smallest absolute Gasteiger partial charge is 0.313 e. The molecule has 4 heteroatoms. The molecule has 1 saturated heterocycles. The predicted octanol–water partition coefficient (Wildman–Crippen LogP) is 0.891. The topological polar surface area (TPSA) is 52.6 Å². The van der Waals surface area contributed by atoms with E-state index >= 15 is 0 Å². The van der Waals surface area contributed by atoms with Gasteiger partial charge in [-0.1, -0.05) is 0 Å². The van der Waals surface area contributed by atoms with Gasteiger partial charge in [0, 0.05) is 0 Å². The molecule has 74 valence electrons. The maximum absolute atomic E-state index is 11.4. The van der Waals surface area contributed by atoms with Gasteiger partial charge in [-0.2, -0.15) is 0 Å². The molecule has 1 heterocycles. The van der Waals surface area contributed by atoms with Crippen LogP contribution < -0.4 is 0 Å². The molecule has 1 unspecified atom stereocenters. The average Bonchev–Trinajstić information content (AvgIpc) is 2.31. The highest BCUT2D eigenvalue weighted by Crippen LogP contribution is 2.18. The first-order valence-corrected chi connectivity index (χ1v) is 4.27. The SMILES string of the molecule is CC(C)(C)OC(=O)C1COC(=O)C1. The molecule has 0 amide bonds. The first-order chi connectivity index (χ1) is 5.88. The third-order valence-corrected chi connectivity index (χ3v) is 1.60. The van der Waals surface area contributed by atoms with Crippen LogP contribution in [0.2, 0.25) is 0 Å². The van der Waals surface area contributed by atoms with Crippen molar-refractivity contribution in [3.8, 4) is 0 Å². The van der Waals surface area contributed by atoms with Crippen LogP contribution in [0.4, 0.5) is 0 Å². The van der Waals surface area contributed by atoms with Crippen LogP contribution >= 0.6 is 0 Å². The second kappa shape index (κ2) is 3.36. The van der Waals surface area contributed by atoms with Crippen LogP contribution in [0.15, 0.2) is 0 Å². The van der Waals surface area contributed by atoms with E-state index in [2.05, 4.69) is 4.74 Å². The molecular formula is C9H14O4. The second-order valence-corrected chi connectivity index (χ2v) is 4.12. The average molecular weight is 186 g/mol. The Balaban J connectivity index is 2.45. The monoisotopic (exact) mass is 186 g/mol. The van der Waals surface area contributed by atoms with Crippen molar-refractivity contribution in [1.29, 1.82) is 0 Å². The van der Waals surface area contributed by atoms with Crippen LogP contribution in [0.25, 0.3) is 0 Å². The maximum Gasteiger partial charge on any atom is 0.313 e. The number of esters is 2. The van der Waals surface area contributed by atoms with E-state index in [0.29, 0.717) is 0 Å². The van der Waals surface area contributed by atoms with Gasteiger partial charge in [0.25, 0.3) is 0 Å². The lowest BCUT2D eigenvalue weighted by atomic mass is 10.1. The molecule has 1 rings (SSSR count). The van der Waals surface area contributed by atoms with Crippen molar-refractivity contribution >= 4 is 11.9 Å². The Morgan fingerprint density at radius 1 is 1.54 bits per heavy atom. The Labute approximate surface area is 77.2 Å². The molecule has 13 heavy (non-hydrogen) atoms. The molecule has 1 fully saturated rings. The molecule has 1 aliphatic rings. The minimum atomic E-state index is -0.497. The van der Waals surface area contributed by atoms with E-state index in [4.69, 9.17) is 4.74 Å². The van der Waals surface area contributed by atoms with Gasteiger partial charge in [0.1, 0.15) is 18.1 Å². The molecule has 1 aliphatic heterocycles. The Morgan fingerprint density at radius 3 is 2.54 bits per heavy atom. The molecule has 0 aliphatic carbocycles. The van der Waals surface area contributed by atoms with Crippen LogP contribution in [0.1, 0.15) is 27.2 Å². The summed E-state index contributed by atoms with van der Waals surface area (Å²) in [6.07, 6.45) is 0.148. The summed E-state index contributed by atoms with van der Waals surface area (Å²) >= 11 is 0. The highest BCUT2D eigenvalue weighted by Gasteiger charge is 2.33. The number of cyclic esters (lactones) is 1. The fraction of sp³-hybridized carbons (Fsp3) is 0.778. The zero-order valence-electron chi connectivity index (χ0n) is 8.12. The highest BCUT2D eigenvalue weighted by molar-refractivity contribution is 5.82. The number of carbonyl (C=O) groups is 2. The van der Waals surface area contributed by atoms with E-state index in [1.807, 2.05) is 0 Å². The normalized spacial score (nSPS) is 22.7. The number of hydrogen-bond donors (Lipinski definition) is 0. The molecule has 1 atom stereocenters. The number of hydrogen-bond acceptors (Lipinski definition) is 4. The van der Waals surface area contributed by atoms with E-state index in [-0.39, 0.29) is 25.0 Å². The summed E-state index contributed by atoms with van der Waals surface area (Å²) in [5.41, 5.74) is -0.497. The van der Waals surface area contributed by atoms with Crippen molar-refractivity contribution in [2.45, 2.75) is 32.8 Å². The van der Waals surface area contributed by atoms with Crippen molar-refractivity contribution in [2.24, 2.45) is 5.92 Å². The molecule has 0 saturated carbocycles. The van der Waals surface area contributed by atoms with Crippen molar-refractivity contribution in [3.05, 3.63) is 0 Å². The molecule has 0 aromatic heterocycles. The van der Waals surface area contributed by atoms with Gasteiger partial charge in [0.15, 0.2) is 0 Å². The van der Waals surface area contributed by atoms with Gasteiger partial charge in [-0.15, -0.1) is 0 Å². The summed E-state index contributed by atoms with van der Waals surface area (Å²) in [6.45, 7) is 5.54. The van der Waals surface area contributed by atoms with Crippen LogP contribution in [0, 0.1) is 5.92 Å². The number of carbonyl (C=O) groups excluding carboxylic acids is 2. The van der Waals surface area contributed by atoms with Crippen molar-refractivity contribution < 1.29 is 19.1 Å². The summed E-state index contributed by atoms with van der Waals surface area (Å²) in [5.74, 6) is -1.08. The van der Waals surface area contributed by atoms with E-state index in [1.54, 1.807) is 20.8 Å². The first kappa shape index (κ1) is 10.0. The van der Waals surface area contributed by atoms with Crippen LogP contribution in [-0.4, -0.2) is 24.1 Å². The van der Waals surface area contributed by atoms with Gasteiger partial charge < -0.3 is 9.47 Å². The molecule has 0 radical (unpaired) electrons. The third kappa shape index (κ3) is 3.05. The lowest BCUT2D eigenvalue weighted by Crippen LogP contribution is -2.28. The van der Waals surface area contributed by atoms with E-state index in [9.17, 15) is 9.59 Å². The predicted molar refractivity (Wildman–Crippen MR) is 44.9 cm³/mol. The number of rotatable bonds is 1. The maximum atomic E-state index is 11.4. The van der Waals surface area contributed by atoms with Gasteiger partial charge in [-0.05, 0) is 20.8 Å². The largest absolute Gasteiger partial charge is 0.465 e. The highest BCUT2D eigenvalue weighted by atomic mass is 16.6. The van der Waals surface area contributed by atoms with E-state index in [1.165, 1.54) is 0 Å². The standard InChI is InChI=1S/C9H14O4/c1-9(2,3)13-8(11)6-4-7(10)12-5-6/h6H,4-5H2,1-3H3.